The zero-order valence-electron chi connectivity index (χ0n) is 13.0. The number of amides is 2. The van der Waals surface area contributed by atoms with E-state index in [1.807, 2.05) is 54.6 Å². The van der Waals surface area contributed by atoms with Crippen molar-refractivity contribution in [3.05, 3.63) is 60.2 Å². The molecule has 0 saturated carbocycles. The van der Waals surface area contributed by atoms with E-state index in [9.17, 15) is 9.59 Å². The van der Waals surface area contributed by atoms with Crippen molar-refractivity contribution >= 4 is 23.6 Å². The molecular formula is C18H18N2O3S. The second-order valence-corrected chi connectivity index (χ2v) is 6.41. The van der Waals surface area contributed by atoms with Gasteiger partial charge in [-0.2, -0.15) is 0 Å². The minimum Gasteiger partial charge on any atom is -0.479 e. The molecule has 24 heavy (non-hydrogen) atoms. The molecule has 124 valence electrons. The summed E-state index contributed by atoms with van der Waals surface area (Å²) in [6.45, 7) is 0.385. The smallest absolute Gasteiger partial charge is 0.262 e. The van der Waals surface area contributed by atoms with Gasteiger partial charge in [0.15, 0.2) is 6.10 Å². The lowest BCUT2D eigenvalue weighted by Gasteiger charge is -2.24. The Morgan fingerprint density at radius 2 is 1.79 bits per heavy atom. The molecule has 1 heterocycles. The molecule has 0 fully saturated rings. The van der Waals surface area contributed by atoms with Gasteiger partial charge in [-0.1, -0.05) is 42.5 Å². The van der Waals surface area contributed by atoms with E-state index >= 15 is 0 Å². The van der Waals surface area contributed by atoms with Gasteiger partial charge in [-0.3, -0.25) is 9.59 Å². The summed E-state index contributed by atoms with van der Waals surface area (Å²) in [7, 11) is 0. The topological polar surface area (TPSA) is 67.4 Å². The normalized spacial score (nSPS) is 15.8. The highest BCUT2D eigenvalue weighted by Gasteiger charge is 2.26. The third-order valence-electron chi connectivity index (χ3n) is 3.56. The van der Waals surface area contributed by atoms with E-state index in [1.165, 1.54) is 0 Å². The molecule has 1 aliphatic heterocycles. The Kier molecular flexibility index (Phi) is 5.38. The van der Waals surface area contributed by atoms with Gasteiger partial charge in [-0.25, -0.2) is 0 Å². The lowest BCUT2D eigenvalue weighted by atomic mass is 10.2. The fraction of sp³-hybridized carbons (Fsp3) is 0.222. The first kappa shape index (κ1) is 16.4. The Hall–Kier alpha value is -2.47. The fourth-order valence-electron chi connectivity index (χ4n) is 2.29. The van der Waals surface area contributed by atoms with E-state index in [4.69, 9.17) is 4.74 Å². The maximum atomic E-state index is 12.2. The minimum absolute atomic E-state index is 0.0577. The Morgan fingerprint density at radius 1 is 1.04 bits per heavy atom. The van der Waals surface area contributed by atoms with Gasteiger partial charge in [-0.05, 0) is 17.7 Å². The molecule has 1 unspecified atom stereocenters. The number of hydrogen-bond acceptors (Lipinski definition) is 4. The fourth-order valence-corrected chi connectivity index (χ4v) is 3.27. The van der Waals surface area contributed by atoms with Gasteiger partial charge < -0.3 is 15.4 Å². The van der Waals surface area contributed by atoms with Gasteiger partial charge in [0.1, 0.15) is 5.75 Å². The summed E-state index contributed by atoms with van der Waals surface area (Å²) >= 11 is 1.58. The number of carbonyl (C=O) groups excluding carboxylic acids is 2. The van der Waals surface area contributed by atoms with Crippen LogP contribution in [0.25, 0.3) is 0 Å². The number of thioether (sulfide) groups is 1. The summed E-state index contributed by atoms with van der Waals surface area (Å²) in [6.07, 6.45) is -0.577. The summed E-state index contributed by atoms with van der Waals surface area (Å²) in [6, 6.07) is 17.2. The lowest BCUT2D eigenvalue weighted by molar-refractivity contribution is -0.130. The number of fused-ring (bicyclic) bond motifs is 1. The molecule has 0 aromatic heterocycles. The maximum absolute atomic E-state index is 12.2. The molecular weight excluding hydrogens is 324 g/mol. The molecule has 1 aliphatic rings. The summed E-state index contributed by atoms with van der Waals surface area (Å²) in [5, 5.41) is 5.40. The van der Waals surface area contributed by atoms with E-state index in [2.05, 4.69) is 10.6 Å². The number of benzene rings is 2. The van der Waals surface area contributed by atoms with E-state index < -0.39 is 6.10 Å². The predicted molar refractivity (Wildman–Crippen MR) is 92.9 cm³/mol. The second kappa shape index (κ2) is 7.88. The Balaban J connectivity index is 1.43. The standard InChI is InChI=1S/C18H18N2O3S/c21-17(19-10-13-6-2-1-3-7-13)11-20-18(22)15-12-24-16-9-5-4-8-14(16)23-15/h1-9,15H,10-12H2,(H,19,21)(H,20,22). The van der Waals surface area contributed by atoms with Crippen LogP contribution in [0, 0.1) is 0 Å². The molecule has 1 atom stereocenters. The molecule has 2 N–H and O–H groups in total. The van der Waals surface area contributed by atoms with Gasteiger partial charge in [-0.15, -0.1) is 11.8 Å². The van der Waals surface area contributed by atoms with E-state index in [-0.39, 0.29) is 18.4 Å². The summed E-state index contributed by atoms with van der Waals surface area (Å²) in [4.78, 5) is 25.0. The average Bonchev–Trinajstić information content (AvgIpc) is 2.65. The van der Waals surface area contributed by atoms with Crippen molar-refractivity contribution in [2.45, 2.75) is 17.5 Å². The van der Waals surface area contributed by atoms with Gasteiger partial charge in [0, 0.05) is 17.2 Å². The Bertz CT molecular complexity index is 721. The molecule has 2 aromatic rings. The van der Waals surface area contributed by atoms with Crippen molar-refractivity contribution in [3.8, 4) is 5.75 Å². The van der Waals surface area contributed by atoms with Gasteiger partial charge >= 0.3 is 0 Å². The Labute approximate surface area is 144 Å². The summed E-state index contributed by atoms with van der Waals surface area (Å²) in [5.41, 5.74) is 1.01. The molecule has 0 spiro atoms. The van der Waals surface area contributed by atoms with Crippen LogP contribution in [0.4, 0.5) is 0 Å². The van der Waals surface area contributed by atoms with Crippen molar-refractivity contribution in [1.82, 2.24) is 10.6 Å². The van der Waals surface area contributed by atoms with Crippen LogP contribution in [0.5, 0.6) is 5.75 Å². The molecule has 2 aromatic carbocycles. The predicted octanol–water partition coefficient (Wildman–Crippen LogP) is 1.97. The average molecular weight is 342 g/mol. The van der Waals surface area contributed by atoms with Crippen LogP contribution in [0.3, 0.4) is 0 Å². The first-order valence-electron chi connectivity index (χ1n) is 7.69. The van der Waals surface area contributed by atoms with Crippen molar-refractivity contribution in [3.63, 3.8) is 0 Å². The second-order valence-electron chi connectivity index (χ2n) is 5.34. The summed E-state index contributed by atoms with van der Waals surface area (Å²) < 4.78 is 5.69. The van der Waals surface area contributed by atoms with Gasteiger partial charge in [0.05, 0.1) is 6.54 Å². The van der Waals surface area contributed by atoms with Crippen molar-refractivity contribution in [2.75, 3.05) is 12.3 Å². The number of rotatable bonds is 5. The van der Waals surface area contributed by atoms with Gasteiger partial charge in [0.25, 0.3) is 5.91 Å². The first-order chi connectivity index (χ1) is 11.7. The van der Waals surface area contributed by atoms with Crippen molar-refractivity contribution < 1.29 is 14.3 Å². The molecule has 0 saturated heterocycles. The van der Waals surface area contributed by atoms with Crippen LogP contribution in [0.1, 0.15) is 5.56 Å². The van der Waals surface area contributed by atoms with E-state index in [1.54, 1.807) is 11.8 Å². The van der Waals surface area contributed by atoms with Crippen LogP contribution in [0.15, 0.2) is 59.5 Å². The lowest BCUT2D eigenvalue weighted by Crippen LogP contribution is -2.45. The van der Waals surface area contributed by atoms with Crippen LogP contribution in [-0.2, 0) is 16.1 Å². The zero-order chi connectivity index (χ0) is 16.8. The summed E-state index contributed by atoms with van der Waals surface area (Å²) in [5.74, 6) is 0.749. The third kappa shape index (κ3) is 4.29. The molecule has 2 amide bonds. The maximum Gasteiger partial charge on any atom is 0.262 e. The van der Waals surface area contributed by atoms with Crippen molar-refractivity contribution in [1.29, 1.82) is 0 Å². The highest BCUT2D eigenvalue weighted by Crippen LogP contribution is 2.34. The molecule has 0 aliphatic carbocycles. The number of nitrogens with one attached hydrogen (secondary N) is 2. The quantitative estimate of drug-likeness (QED) is 0.872. The van der Waals surface area contributed by atoms with Crippen molar-refractivity contribution in [2.24, 2.45) is 0 Å². The largest absolute Gasteiger partial charge is 0.479 e. The third-order valence-corrected chi connectivity index (χ3v) is 4.67. The van der Waals surface area contributed by atoms with E-state index in [0.717, 1.165) is 10.5 Å². The number of para-hydroxylation sites is 1. The number of carbonyl (C=O) groups is 2. The van der Waals surface area contributed by atoms with Crippen LogP contribution < -0.4 is 15.4 Å². The number of ether oxygens (including phenoxy) is 1. The molecule has 3 rings (SSSR count). The highest BCUT2D eigenvalue weighted by atomic mass is 32.2. The van der Waals surface area contributed by atoms with E-state index in [0.29, 0.717) is 18.0 Å². The monoisotopic (exact) mass is 342 g/mol. The minimum atomic E-state index is -0.577. The molecule has 6 heteroatoms. The van der Waals surface area contributed by atoms with Crippen LogP contribution in [0.2, 0.25) is 0 Å². The van der Waals surface area contributed by atoms with Crippen LogP contribution in [-0.4, -0.2) is 30.2 Å². The molecule has 5 nitrogen and oxygen atoms in total. The first-order valence-corrected chi connectivity index (χ1v) is 8.68. The molecule has 0 radical (unpaired) electrons. The van der Waals surface area contributed by atoms with Gasteiger partial charge in [0.2, 0.25) is 5.91 Å². The number of hydrogen-bond donors (Lipinski definition) is 2. The van der Waals surface area contributed by atoms with Crippen LogP contribution >= 0.6 is 11.8 Å². The SMILES string of the molecule is O=C(CNC(=O)C1CSc2ccccc2O1)NCc1ccccc1. The Morgan fingerprint density at radius 3 is 2.62 bits per heavy atom. The zero-order valence-corrected chi connectivity index (χ0v) is 13.8. The molecule has 0 bridgehead atoms. The highest BCUT2D eigenvalue weighted by molar-refractivity contribution is 7.99.